The molecule has 1 N–H and O–H groups in total. The first-order valence-electron chi connectivity index (χ1n) is 7.18. The smallest absolute Gasteiger partial charge is 0.223 e. The molecule has 4 nitrogen and oxygen atoms in total. The van der Waals surface area contributed by atoms with E-state index >= 15 is 0 Å². The molecule has 2 aliphatic rings. The number of hydrogen-bond donors (Lipinski definition) is 1. The van der Waals surface area contributed by atoms with Crippen LogP contribution in [0.2, 0.25) is 0 Å². The average molecular weight is 253 g/mol. The Bertz CT molecular complexity index is 293. The molecule has 1 aliphatic carbocycles. The Labute approximate surface area is 111 Å². The quantitative estimate of drug-likeness (QED) is 0.796. The molecule has 0 aromatic rings. The fraction of sp³-hybridized carbons (Fsp3) is 0.929. The van der Waals surface area contributed by atoms with Gasteiger partial charge < -0.3 is 15.1 Å². The van der Waals surface area contributed by atoms with Crippen LogP contribution in [-0.4, -0.2) is 61.5 Å². The molecule has 1 atom stereocenters. The zero-order chi connectivity index (χ0) is 13.2. The molecule has 1 saturated heterocycles. The van der Waals surface area contributed by atoms with Crippen molar-refractivity contribution in [2.45, 2.75) is 50.1 Å². The van der Waals surface area contributed by atoms with Gasteiger partial charge in [-0.3, -0.25) is 4.79 Å². The molecule has 1 heterocycles. The van der Waals surface area contributed by atoms with Crippen LogP contribution in [0.1, 0.15) is 38.5 Å². The van der Waals surface area contributed by atoms with Crippen LogP contribution in [0.25, 0.3) is 0 Å². The van der Waals surface area contributed by atoms with Crippen molar-refractivity contribution in [2.24, 2.45) is 0 Å². The van der Waals surface area contributed by atoms with E-state index in [4.69, 9.17) is 0 Å². The molecule has 2 fully saturated rings. The van der Waals surface area contributed by atoms with Crippen LogP contribution in [-0.2, 0) is 4.79 Å². The third-order valence-corrected chi connectivity index (χ3v) is 4.77. The molecule has 0 aromatic carbocycles. The van der Waals surface area contributed by atoms with Crippen LogP contribution >= 0.6 is 0 Å². The predicted molar refractivity (Wildman–Crippen MR) is 73.5 cm³/mol. The van der Waals surface area contributed by atoms with Crippen molar-refractivity contribution in [3.05, 3.63) is 0 Å². The summed E-state index contributed by atoms with van der Waals surface area (Å²) in [6, 6.07) is 0.414. The molecular weight excluding hydrogens is 226 g/mol. The Morgan fingerprint density at radius 3 is 2.44 bits per heavy atom. The van der Waals surface area contributed by atoms with Gasteiger partial charge in [0.2, 0.25) is 5.91 Å². The van der Waals surface area contributed by atoms with Crippen molar-refractivity contribution in [1.29, 1.82) is 0 Å². The van der Waals surface area contributed by atoms with Crippen molar-refractivity contribution >= 4 is 5.91 Å². The SMILES string of the molecule is CN(CC1(N(C)C)CCC1)C(=O)CC1CCCN1. The molecule has 104 valence electrons. The summed E-state index contributed by atoms with van der Waals surface area (Å²) in [5, 5.41) is 3.40. The molecular formula is C14H27N3O. The van der Waals surface area contributed by atoms with Crippen molar-refractivity contribution < 1.29 is 4.79 Å². The van der Waals surface area contributed by atoms with Crippen molar-refractivity contribution in [3.8, 4) is 0 Å². The van der Waals surface area contributed by atoms with E-state index in [9.17, 15) is 4.79 Å². The van der Waals surface area contributed by atoms with Crippen molar-refractivity contribution in [3.63, 3.8) is 0 Å². The largest absolute Gasteiger partial charge is 0.344 e. The Morgan fingerprint density at radius 1 is 1.28 bits per heavy atom. The number of hydrogen-bond acceptors (Lipinski definition) is 3. The summed E-state index contributed by atoms with van der Waals surface area (Å²) in [5.74, 6) is 0.294. The summed E-state index contributed by atoms with van der Waals surface area (Å²) in [6.45, 7) is 1.95. The molecule has 18 heavy (non-hydrogen) atoms. The van der Waals surface area contributed by atoms with Crippen molar-refractivity contribution in [2.75, 3.05) is 34.2 Å². The zero-order valence-corrected chi connectivity index (χ0v) is 12.0. The molecule has 1 amide bonds. The first-order chi connectivity index (χ1) is 8.53. The number of amides is 1. The van der Waals surface area contributed by atoms with E-state index < -0.39 is 0 Å². The lowest BCUT2D eigenvalue weighted by atomic mass is 9.75. The van der Waals surface area contributed by atoms with E-state index in [1.807, 2.05) is 11.9 Å². The maximum absolute atomic E-state index is 12.2. The zero-order valence-electron chi connectivity index (χ0n) is 12.0. The van der Waals surface area contributed by atoms with Gasteiger partial charge in [-0.2, -0.15) is 0 Å². The van der Waals surface area contributed by atoms with Gasteiger partial charge in [0.25, 0.3) is 0 Å². The highest BCUT2D eigenvalue weighted by atomic mass is 16.2. The third-order valence-electron chi connectivity index (χ3n) is 4.77. The van der Waals surface area contributed by atoms with Crippen LogP contribution in [0.3, 0.4) is 0 Å². The summed E-state index contributed by atoms with van der Waals surface area (Å²) >= 11 is 0. The first kappa shape index (κ1) is 13.8. The fourth-order valence-electron chi connectivity index (χ4n) is 3.16. The number of carbonyl (C=O) groups is 1. The maximum atomic E-state index is 12.2. The highest BCUT2D eigenvalue weighted by Crippen LogP contribution is 2.36. The van der Waals surface area contributed by atoms with Gasteiger partial charge in [0.15, 0.2) is 0 Å². The lowest BCUT2D eigenvalue weighted by Crippen LogP contribution is -2.57. The second-order valence-electron chi connectivity index (χ2n) is 6.22. The number of nitrogens with one attached hydrogen (secondary N) is 1. The minimum atomic E-state index is 0.244. The average Bonchev–Trinajstić information content (AvgIpc) is 2.75. The molecule has 0 aromatic heterocycles. The van der Waals surface area contributed by atoms with Gasteiger partial charge in [-0.05, 0) is 52.7 Å². The number of carbonyl (C=O) groups excluding carboxylic acids is 1. The van der Waals surface area contributed by atoms with Gasteiger partial charge in [-0.1, -0.05) is 0 Å². The minimum Gasteiger partial charge on any atom is -0.344 e. The normalized spacial score (nSPS) is 26.1. The summed E-state index contributed by atoms with van der Waals surface area (Å²) in [7, 11) is 6.23. The van der Waals surface area contributed by atoms with Crippen LogP contribution in [0.4, 0.5) is 0 Å². The van der Waals surface area contributed by atoms with E-state index in [2.05, 4.69) is 24.3 Å². The number of rotatable bonds is 5. The van der Waals surface area contributed by atoms with Gasteiger partial charge in [0.1, 0.15) is 0 Å². The van der Waals surface area contributed by atoms with Gasteiger partial charge in [-0.15, -0.1) is 0 Å². The summed E-state index contributed by atoms with van der Waals surface area (Å²) in [5.41, 5.74) is 0.244. The summed E-state index contributed by atoms with van der Waals surface area (Å²) in [4.78, 5) is 16.5. The van der Waals surface area contributed by atoms with Crippen LogP contribution < -0.4 is 5.32 Å². The molecule has 0 bridgehead atoms. The van der Waals surface area contributed by atoms with E-state index in [1.54, 1.807) is 0 Å². The van der Waals surface area contributed by atoms with Crippen LogP contribution in [0.5, 0.6) is 0 Å². The van der Waals surface area contributed by atoms with Crippen LogP contribution in [0, 0.1) is 0 Å². The second kappa shape index (κ2) is 5.57. The summed E-state index contributed by atoms with van der Waals surface area (Å²) < 4.78 is 0. The molecule has 0 radical (unpaired) electrons. The first-order valence-corrected chi connectivity index (χ1v) is 7.18. The molecule has 4 heteroatoms. The minimum absolute atomic E-state index is 0.244. The molecule has 2 rings (SSSR count). The highest BCUT2D eigenvalue weighted by molar-refractivity contribution is 5.76. The van der Waals surface area contributed by atoms with Gasteiger partial charge in [-0.25, -0.2) is 0 Å². The highest BCUT2D eigenvalue weighted by Gasteiger charge is 2.40. The summed E-state index contributed by atoms with van der Waals surface area (Å²) in [6.07, 6.45) is 6.77. The van der Waals surface area contributed by atoms with Gasteiger partial charge in [0, 0.05) is 31.6 Å². The molecule has 1 saturated carbocycles. The third kappa shape index (κ3) is 2.86. The molecule has 1 unspecified atom stereocenters. The monoisotopic (exact) mass is 253 g/mol. The van der Waals surface area contributed by atoms with Gasteiger partial charge >= 0.3 is 0 Å². The standard InChI is InChI=1S/C14H27N3O/c1-16(2)14(7-5-8-14)11-17(3)13(18)10-12-6-4-9-15-12/h12,15H,4-11H2,1-3H3. The molecule has 0 spiro atoms. The lowest BCUT2D eigenvalue weighted by molar-refractivity contribution is -0.133. The maximum Gasteiger partial charge on any atom is 0.223 e. The van der Waals surface area contributed by atoms with E-state index in [1.165, 1.54) is 25.7 Å². The lowest BCUT2D eigenvalue weighted by Gasteiger charge is -2.49. The molecule has 1 aliphatic heterocycles. The Morgan fingerprint density at radius 2 is 2.00 bits per heavy atom. The second-order valence-corrected chi connectivity index (χ2v) is 6.22. The van der Waals surface area contributed by atoms with E-state index in [-0.39, 0.29) is 5.54 Å². The predicted octanol–water partition coefficient (Wildman–Crippen LogP) is 1.07. The Balaban J connectivity index is 1.82. The number of nitrogens with zero attached hydrogens (tertiary/aromatic N) is 2. The fourth-order valence-corrected chi connectivity index (χ4v) is 3.16. The topological polar surface area (TPSA) is 35.6 Å². The van der Waals surface area contributed by atoms with Crippen molar-refractivity contribution in [1.82, 2.24) is 15.1 Å². The Hall–Kier alpha value is -0.610. The van der Waals surface area contributed by atoms with Crippen LogP contribution in [0.15, 0.2) is 0 Å². The Kier molecular flexibility index (Phi) is 4.28. The number of likely N-dealkylation sites (N-methyl/N-ethyl adjacent to an activating group) is 2. The van der Waals surface area contributed by atoms with Gasteiger partial charge in [0.05, 0.1) is 0 Å². The van der Waals surface area contributed by atoms with E-state index in [0.29, 0.717) is 18.4 Å². The van der Waals surface area contributed by atoms with E-state index in [0.717, 1.165) is 19.5 Å².